The van der Waals surface area contributed by atoms with Gasteiger partial charge in [0.25, 0.3) is 0 Å². The highest BCUT2D eigenvalue weighted by molar-refractivity contribution is 7.91. The number of anilines is 1. The van der Waals surface area contributed by atoms with Gasteiger partial charge in [0, 0.05) is 12.8 Å². The Kier molecular flexibility index (Phi) is 6.21. The number of sulfone groups is 1. The summed E-state index contributed by atoms with van der Waals surface area (Å²) in [5.74, 6) is -0.0993. The molecule has 0 spiro atoms. The Morgan fingerprint density at radius 1 is 1.04 bits per heavy atom. The average Bonchev–Trinajstić information content (AvgIpc) is 2.62. The van der Waals surface area contributed by atoms with Gasteiger partial charge in [0.2, 0.25) is 5.91 Å². The fourth-order valence-electron chi connectivity index (χ4n) is 2.44. The first kappa shape index (κ1) is 20.1. The van der Waals surface area contributed by atoms with Gasteiger partial charge < -0.3 is 10.1 Å². The van der Waals surface area contributed by atoms with Crippen LogP contribution in [0.4, 0.5) is 5.69 Å². The van der Waals surface area contributed by atoms with Crippen LogP contribution < -0.4 is 5.32 Å². The Morgan fingerprint density at radius 3 is 2.12 bits per heavy atom. The average molecular weight is 375 g/mol. The normalized spacial score (nSPS) is 12.0. The van der Waals surface area contributed by atoms with Crippen molar-refractivity contribution in [3.8, 4) is 0 Å². The predicted molar refractivity (Wildman–Crippen MR) is 103 cm³/mol. The molecule has 0 saturated heterocycles. The van der Waals surface area contributed by atoms with Gasteiger partial charge in [-0.05, 0) is 49.2 Å². The summed E-state index contributed by atoms with van der Waals surface area (Å²) >= 11 is 0. The Hall–Kier alpha value is -2.18. The van der Waals surface area contributed by atoms with Crippen LogP contribution in [0.15, 0.2) is 53.4 Å². The SMILES string of the molecule is CCS(=O)(=O)c1ccc(CC(=O)Nc2ccc(C(C)(C)OC)cc2)cc1. The molecule has 0 atom stereocenters. The van der Waals surface area contributed by atoms with Crippen molar-refractivity contribution in [3.63, 3.8) is 0 Å². The van der Waals surface area contributed by atoms with Gasteiger partial charge in [0.1, 0.15) is 0 Å². The van der Waals surface area contributed by atoms with E-state index in [2.05, 4.69) is 5.32 Å². The molecule has 0 aliphatic heterocycles. The number of ether oxygens (including phenoxy) is 1. The van der Waals surface area contributed by atoms with E-state index in [-0.39, 0.29) is 28.6 Å². The molecular weight excluding hydrogens is 350 g/mol. The van der Waals surface area contributed by atoms with Gasteiger partial charge in [-0.2, -0.15) is 0 Å². The molecule has 0 aliphatic rings. The lowest BCUT2D eigenvalue weighted by Crippen LogP contribution is -2.19. The number of amides is 1. The highest BCUT2D eigenvalue weighted by Crippen LogP contribution is 2.25. The lowest BCUT2D eigenvalue weighted by molar-refractivity contribution is -0.115. The molecule has 2 rings (SSSR count). The van der Waals surface area contributed by atoms with Crippen molar-refractivity contribution in [2.45, 2.75) is 37.7 Å². The fourth-order valence-corrected chi connectivity index (χ4v) is 3.33. The number of carbonyl (C=O) groups is 1. The summed E-state index contributed by atoms with van der Waals surface area (Å²) in [6.45, 7) is 5.56. The largest absolute Gasteiger partial charge is 0.374 e. The number of benzene rings is 2. The molecule has 5 nitrogen and oxygen atoms in total. The highest BCUT2D eigenvalue weighted by Gasteiger charge is 2.19. The summed E-state index contributed by atoms with van der Waals surface area (Å²) in [4.78, 5) is 12.5. The Morgan fingerprint density at radius 2 is 1.62 bits per heavy atom. The highest BCUT2D eigenvalue weighted by atomic mass is 32.2. The molecule has 0 bridgehead atoms. The Bertz CT molecular complexity index is 854. The maximum atomic E-state index is 12.2. The van der Waals surface area contributed by atoms with Crippen molar-refractivity contribution in [1.82, 2.24) is 0 Å². The summed E-state index contributed by atoms with van der Waals surface area (Å²) in [5.41, 5.74) is 2.10. The first-order chi connectivity index (χ1) is 12.2. The third-order valence-electron chi connectivity index (χ3n) is 4.40. The van der Waals surface area contributed by atoms with E-state index in [0.29, 0.717) is 5.69 Å². The van der Waals surface area contributed by atoms with Crippen LogP contribution in [0.1, 0.15) is 31.9 Å². The zero-order valence-electron chi connectivity index (χ0n) is 15.6. The van der Waals surface area contributed by atoms with Gasteiger partial charge in [0.05, 0.1) is 22.7 Å². The molecule has 2 aromatic rings. The van der Waals surface area contributed by atoms with Gasteiger partial charge in [-0.15, -0.1) is 0 Å². The van der Waals surface area contributed by atoms with Crippen LogP contribution in [-0.2, 0) is 31.4 Å². The van der Waals surface area contributed by atoms with Gasteiger partial charge in [-0.1, -0.05) is 31.2 Å². The lowest BCUT2D eigenvalue weighted by Gasteiger charge is -2.23. The number of methoxy groups -OCH3 is 1. The van der Waals surface area contributed by atoms with E-state index in [1.807, 2.05) is 38.1 Å². The number of carbonyl (C=O) groups excluding carboxylic acids is 1. The molecule has 2 aromatic carbocycles. The summed E-state index contributed by atoms with van der Waals surface area (Å²) in [6.07, 6.45) is 0.178. The fraction of sp³-hybridized carbons (Fsp3) is 0.350. The standard InChI is InChI=1S/C20H25NO4S/c1-5-26(23,24)18-12-6-15(7-13-18)14-19(22)21-17-10-8-16(9-11-17)20(2,3)25-4/h6-13H,5,14H2,1-4H3,(H,21,22). The molecule has 0 aromatic heterocycles. The molecule has 0 saturated carbocycles. The second kappa shape index (κ2) is 8.01. The number of nitrogens with one attached hydrogen (secondary N) is 1. The molecule has 0 radical (unpaired) electrons. The number of hydrogen-bond acceptors (Lipinski definition) is 4. The molecule has 0 fully saturated rings. The molecular formula is C20H25NO4S. The zero-order chi connectivity index (χ0) is 19.4. The topological polar surface area (TPSA) is 72.5 Å². The maximum absolute atomic E-state index is 12.2. The molecule has 6 heteroatoms. The van der Waals surface area contributed by atoms with Crippen LogP contribution in [0, 0.1) is 0 Å². The number of rotatable bonds is 7. The van der Waals surface area contributed by atoms with E-state index in [9.17, 15) is 13.2 Å². The summed E-state index contributed by atoms with van der Waals surface area (Å²) in [5, 5.41) is 2.85. The number of hydrogen-bond donors (Lipinski definition) is 1. The summed E-state index contributed by atoms with van der Waals surface area (Å²) < 4.78 is 29.0. The van der Waals surface area contributed by atoms with Crippen molar-refractivity contribution in [3.05, 3.63) is 59.7 Å². The predicted octanol–water partition coefficient (Wildman–Crippen LogP) is 3.54. The van der Waals surface area contributed by atoms with E-state index in [1.165, 1.54) is 0 Å². The van der Waals surface area contributed by atoms with E-state index in [4.69, 9.17) is 4.74 Å². The minimum absolute atomic E-state index is 0.0582. The first-order valence-electron chi connectivity index (χ1n) is 8.45. The Labute approximate surface area is 155 Å². The van der Waals surface area contributed by atoms with Gasteiger partial charge in [-0.25, -0.2) is 8.42 Å². The molecule has 1 amide bonds. The molecule has 0 heterocycles. The van der Waals surface area contributed by atoms with Crippen molar-refractivity contribution in [1.29, 1.82) is 0 Å². The molecule has 1 N–H and O–H groups in total. The van der Waals surface area contributed by atoms with E-state index >= 15 is 0 Å². The lowest BCUT2D eigenvalue weighted by atomic mass is 9.98. The van der Waals surface area contributed by atoms with Crippen molar-refractivity contribution in [2.75, 3.05) is 18.2 Å². The van der Waals surface area contributed by atoms with Crippen LogP contribution in [0.5, 0.6) is 0 Å². The summed E-state index contributed by atoms with van der Waals surface area (Å²) in [7, 11) is -1.56. The van der Waals surface area contributed by atoms with Crippen LogP contribution in [0.2, 0.25) is 0 Å². The molecule has 26 heavy (non-hydrogen) atoms. The zero-order valence-corrected chi connectivity index (χ0v) is 16.4. The molecule has 0 aliphatic carbocycles. The second-order valence-corrected chi connectivity index (χ2v) is 8.84. The van der Waals surface area contributed by atoms with Crippen LogP contribution in [-0.4, -0.2) is 27.2 Å². The Balaban J connectivity index is 2.01. The van der Waals surface area contributed by atoms with E-state index < -0.39 is 9.84 Å². The first-order valence-corrected chi connectivity index (χ1v) is 10.1. The minimum atomic E-state index is -3.22. The summed E-state index contributed by atoms with van der Waals surface area (Å²) in [6, 6.07) is 14.0. The monoisotopic (exact) mass is 375 g/mol. The molecule has 0 unspecified atom stereocenters. The van der Waals surface area contributed by atoms with Crippen molar-refractivity contribution in [2.24, 2.45) is 0 Å². The quantitative estimate of drug-likeness (QED) is 0.803. The molecule has 140 valence electrons. The smallest absolute Gasteiger partial charge is 0.228 e. The van der Waals surface area contributed by atoms with Gasteiger partial charge >= 0.3 is 0 Å². The van der Waals surface area contributed by atoms with E-state index in [0.717, 1.165) is 11.1 Å². The van der Waals surface area contributed by atoms with E-state index in [1.54, 1.807) is 38.3 Å². The third-order valence-corrected chi connectivity index (χ3v) is 6.15. The van der Waals surface area contributed by atoms with Crippen LogP contribution in [0.3, 0.4) is 0 Å². The van der Waals surface area contributed by atoms with Gasteiger partial charge in [0.15, 0.2) is 9.84 Å². The second-order valence-electron chi connectivity index (χ2n) is 6.56. The van der Waals surface area contributed by atoms with Crippen LogP contribution >= 0.6 is 0 Å². The van der Waals surface area contributed by atoms with Crippen LogP contribution in [0.25, 0.3) is 0 Å². The maximum Gasteiger partial charge on any atom is 0.228 e. The van der Waals surface area contributed by atoms with Gasteiger partial charge in [-0.3, -0.25) is 4.79 Å². The van der Waals surface area contributed by atoms with Crippen molar-refractivity contribution < 1.29 is 17.9 Å². The van der Waals surface area contributed by atoms with Crippen molar-refractivity contribution >= 4 is 21.4 Å². The minimum Gasteiger partial charge on any atom is -0.374 e. The third kappa shape index (κ3) is 4.93.